The van der Waals surface area contributed by atoms with Crippen molar-refractivity contribution in [2.24, 2.45) is 5.73 Å². The van der Waals surface area contributed by atoms with Crippen molar-refractivity contribution in [2.75, 3.05) is 0 Å². The van der Waals surface area contributed by atoms with E-state index in [0.717, 1.165) is 25.3 Å². The van der Waals surface area contributed by atoms with Crippen molar-refractivity contribution in [3.8, 4) is 6.07 Å². The zero-order chi connectivity index (χ0) is 12.5. The van der Waals surface area contributed by atoms with Gasteiger partial charge in [0.2, 0.25) is 0 Å². The Morgan fingerprint density at radius 2 is 1.76 bits per heavy atom. The highest BCUT2D eigenvalue weighted by Crippen LogP contribution is 2.36. The minimum Gasteiger partial charge on any atom is -0.321 e. The third-order valence-corrected chi connectivity index (χ3v) is 3.46. The Morgan fingerprint density at radius 1 is 1.12 bits per heavy atom. The number of benzene rings is 1. The van der Waals surface area contributed by atoms with Gasteiger partial charge in [0.05, 0.1) is 5.56 Å². The molecular weight excluding hydrogens is 222 g/mol. The first-order valence-corrected chi connectivity index (χ1v) is 5.75. The standard InChI is InChI=1S/C13H14F2N2/c14-11-7-12(15)10(6-9(11)8-16)13(17)4-2-1-3-5-13/h6-7H,1-5,17H2. The highest BCUT2D eigenvalue weighted by Gasteiger charge is 2.32. The molecule has 0 radical (unpaired) electrons. The van der Waals surface area contributed by atoms with Crippen LogP contribution in [0.25, 0.3) is 0 Å². The molecule has 4 heteroatoms. The van der Waals surface area contributed by atoms with Crippen LogP contribution in [0.2, 0.25) is 0 Å². The molecule has 90 valence electrons. The van der Waals surface area contributed by atoms with E-state index in [9.17, 15) is 8.78 Å². The lowest BCUT2D eigenvalue weighted by atomic mass is 9.77. The van der Waals surface area contributed by atoms with E-state index in [1.54, 1.807) is 6.07 Å². The summed E-state index contributed by atoms with van der Waals surface area (Å²) in [6, 6.07) is 3.74. The predicted octanol–water partition coefficient (Wildman–Crippen LogP) is 2.95. The number of nitrogens with two attached hydrogens (primary N) is 1. The highest BCUT2D eigenvalue weighted by atomic mass is 19.1. The van der Waals surface area contributed by atoms with Gasteiger partial charge in [0, 0.05) is 17.2 Å². The molecule has 2 nitrogen and oxygen atoms in total. The summed E-state index contributed by atoms with van der Waals surface area (Å²) in [6.45, 7) is 0. The maximum absolute atomic E-state index is 13.8. The SMILES string of the molecule is N#Cc1cc(C2(N)CCCCC2)c(F)cc1F. The molecule has 0 amide bonds. The summed E-state index contributed by atoms with van der Waals surface area (Å²) in [5, 5.41) is 8.76. The second-order valence-electron chi connectivity index (χ2n) is 4.64. The topological polar surface area (TPSA) is 49.8 Å². The molecule has 0 saturated heterocycles. The fourth-order valence-corrected chi connectivity index (χ4v) is 2.47. The summed E-state index contributed by atoms with van der Waals surface area (Å²) in [5.74, 6) is -1.47. The van der Waals surface area contributed by atoms with E-state index in [1.807, 2.05) is 0 Å². The molecule has 0 aromatic heterocycles. The van der Waals surface area contributed by atoms with Crippen LogP contribution in [0.4, 0.5) is 8.78 Å². The van der Waals surface area contributed by atoms with Gasteiger partial charge in [0.15, 0.2) is 0 Å². The maximum Gasteiger partial charge on any atom is 0.143 e. The lowest BCUT2D eigenvalue weighted by Crippen LogP contribution is -2.39. The van der Waals surface area contributed by atoms with E-state index in [1.165, 1.54) is 6.07 Å². The average Bonchev–Trinajstić information content (AvgIpc) is 2.30. The Kier molecular flexibility index (Phi) is 3.12. The van der Waals surface area contributed by atoms with E-state index < -0.39 is 17.2 Å². The van der Waals surface area contributed by atoms with Gasteiger partial charge in [-0.2, -0.15) is 5.26 Å². The number of rotatable bonds is 1. The van der Waals surface area contributed by atoms with Gasteiger partial charge in [0.25, 0.3) is 0 Å². The first-order chi connectivity index (χ1) is 8.07. The first kappa shape index (κ1) is 12.0. The van der Waals surface area contributed by atoms with E-state index in [0.29, 0.717) is 12.8 Å². The lowest BCUT2D eigenvalue weighted by molar-refractivity contribution is 0.292. The summed E-state index contributed by atoms with van der Waals surface area (Å²) in [7, 11) is 0. The molecule has 1 aliphatic rings. The average molecular weight is 236 g/mol. The van der Waals surface area contributed by atoms with Crippen molar-refractivity contribution in [1.82, 2.24) is 0 Å². The van der Waals surface area contributed by atoms with Crippen LogP contribution < -0.4 is 5.73 Å². The molecule has 0 spiro atoms. The summed E-state index contributed by atoms with van der Waals surface area (Å²) in [5.41, 5.74) is 5.57. The fraction of sp³-hybridized carbons (Fsp3) is 0.462. The van der Waals surface area contributed by atoms with Gasteiger partial charge >= 0.3 is 0 Å². The van der Waals surface area contributed by atoms with Gasteiger partial charge in [-0.05, 0) is 18.9 Å². The summed E-state index contributed by atoms with van der Waals surface area (Å²) < 4.78 is 27.0. The first-order valence-electron chi connectivity index (χ1n) is 5.75. The zero-order valence-corrected chi connectivity index (χ0v) is 9.47. The van der Waals surface area contributed by atoms with Gasteiger partial charge in [-0.15, -0.1) is 0 Å². The minimum atomic E-state index is -0.826. The Bertz CT molecular complexity index is 471. The third-order valence-electron chi connectivity index (χ3n) is 3.46. The van der Waals surface area contributed by atoms with E-state index in [4.69, 9.17) is 11.0 Å². The van der Waals surface area contributed by atoms with E-state index in [2.05, 4.69) is 0 Å². The van der Waals surface area contributed by atoms with Crippen LogP contribution in [0.1, 0.15) is 43.2 Å². The van der Waals surface area contributed by atoms with Crippen LogP contribution in [0.3, 0.4) is 0 Å². The van der Waals surface area contributed by atoms with Crippen molar-refractivity contribution in [1.29, 1.82) is 5.26 Å². The second kappa shape index (κ2) is 4.42. The molecule has 1 aliphatic carbocycles. The highest BCUT2D eigenvalue weighted by molar-refractivity contribution is 5.38. The molecule has 0 bridgehead atoms. The number of nitrogens with zero attached hydrogens (tertiary/aromatic N) is 1. The Balaban J connectivity index is 2.47. The van der Waals surface area contributed by atoms with Gasteiger partial charge < -0.3 is 5.73 Å². The molecule has 1 aromatic carbocycles. The monoisotopic (exact) mass is 236 g/mol. The molecule has 0 unspecified atom stereocenters. The minimum absolute atomic E-state index is 0.142. The number of hydrogen-bond donors (Lipinski definition) is 1. The summed E-state index contributed by atoms with van der Waals surface area (Å²) in [4.78, 5) is 0. The van der Waals surface area contributed by atoms with Crippen molar-refractivity contribution >= 4 is 0 Å². The van der Waals surface area contributed by atoms with E-state index >= 15 is 0 Å². The van der Waals surface area contributed by atoms with Crippen LogP contribution in [-0.2, 0) is 5.54 Å². The molecule has 1 aromatic rings. The molecule has 0 atom stereocenters. The Hall–Kier alpha value is -1.47. The van der Waals surface area contributed by atoms with Crippen molar-refractivity contribution in [3.63, 3.8) is 0 Å². The molecule has 2 rings (SSSR count). The number of nitriles is 1. The molecule has 0 aliphatic heterocycles. The molecule has 17 heavy (non-hydrogen) atoms. The van der Waals surface area contributed by atoms with Gasteiger partial charge in [-0.1, -0.05) is 19.3 Å². The second-order valence-corrected chi connectivity index (χ2v) is 4.64. The van der Waals surface area contributed by atoms with Crippen molar-refractivity contribution in [3.05, 3.63) is 34.9 Å². The zero-order valence-electron chi connectivity index (χ0n) is 9.47. The molecule has 0 heterocycles. The molecule has 1 saturated carbocycles. The smallest absolute Gasteiger partial charge is 0.143 e. The lowest BCUT2D eigenvalue weighted by Gasteiger charge is -2.34. The Morgan fingerprint density at radius 3 is 2.35 bits per heavy atom. The van der Waals surface area contributed by atoms with Crippen LogP contribution in [0.15, 0.2) is 12.1 Å². The fourth-order valence-electron chi connectivity index (χ4n) is 2.47. The Labute approximate surface area is 99.0 Å². The van der Waals surface area contributed by atoms with Crippen LogP contribution in [-0.4, -0.2) is 0 Å². The normalized spacial score (nSPS) is 18.7. The van der Waals surface area contributed by atoms with Gasteiger partial charge in [0.1, 0.15) is 17.7 Å². The molecule has 2 N–H and O–H groups in total. The van der Waals surface area contributed by atoms with E-state index in [-0.39, 0.29) is 11.1 Å². The van der Waals surface area contributed by atoms with Gasteiger partial charge in [-0.3, -0.25) is 0 Å². The molecule has 1 fully saturated rings. The maximum atomic E-state index is 13.8. The van der Waals surface area contributed by atoms with Crippen molar-refractivity contribution < 1.29 is 8.78 Å². The largest absolute Gasteiger partial charge is 0.321 e. The quantitative estimate of drug-likeness (QED) is 0.815. The summed E-state index contributed by atoms with van der Waals surface area (Å²) >= 11 is 0. The number of halogens is 2. The van der Waals surface area contributed by atoms with Crippen LogP contribution in [0.5, 0.6) is 0 Å². The van der Waals surface area contributed by atoms with Crippen molar-refractivity contribution in [2.45, 2.75) is 37.6 Å². The summed E-state index contributed by atoms with van der Waals surface area (Å²) in [6.07, 6.45) is 4.33. The van der Waals surface area contributed by atoms with Gasteiger partial charge in [-0.25, -0.2) is 8.78 Å². The molecular formula is C13H14F2N2. The van der Waals surface area contributed by atoms with Crippen LogP contribution >= 0.6 is 0 Å². The number of hydrogen-bond acceptors (Lipinski definition) is 2. The predicted molar refractivity (Wildman–Crippen MR) is 60.0 cm³/mol. The third kappa shape index (κ3) is 2.16. The van der Waals surface area contributed by atoms with Crippen LogP contribution in [0, 0.1) is 23.0 Å².